The summed E-state index contributed by atoms with van der Waals surface area (Å²) in [7, 11) is 0. The van der Waals surface area contributed by atoms with E-state index in [4.69, 9.17) is 44.0 Å². The number of benzene rings is 2. The highest BCUT2D eigenvalue weighted by Gasteiger charge is 2.08. The van der Waals surface area contributed by atoms with Gasteiger partial charge in [-0.15, -0.1) is 0 Å². The fraction of sp³-hybridized carbons (Fsp3) is 0.0556. The highest BCUT2D eigenvalue weighted by molar-refractivity contribution is 6.35. The number of fused-ring (bicyclic) bond motifs is 1. The normalized spacial score (nSPS) is 11.1. The number of nitrogens with one attached hydrogen (secondary N) is 1. The van der Waals surface area contributed by atoms with Gasteiger partial charge in [0.05, 0.1) is 22.2 Å². The summed E-state index contributed by atoms with van der Waals surface area (Å²) in [5.74, 6) is -0.224. The minimum atomic E-state index is -0.537. The van der Waals surface area contributed by atoms with Gasteiger partial charge in [-0.25, -0.2) is 5.43 Å². The van der Waals surface area contributed by atoms with Crippen molar-refractivity contribution in [2.24, 2.45) is 5.10 Å². The predicted molar refractivity (Wildman–Crippen MR) is 105 cm³/mol. The number of hydrogen-bond acceptors (Lipinski definition) is 5. The summed E-state index contributed by atoms with van der Waals surface area (Å²) < 4.78 is 10.6. The number of carbonyl (C=O) groups is 1. The standard InChI is InChI=1S/C18H11Cl3N2O4/c19-11-1-3-15-13(5-11)18(25)10(8-26-15)7-22-23-17(24)9-27-16-4-2-12(20)6-14(16)21/h1-8H,9H2,(H,23,24). The Kier molecular flexibility index (Phi) is 6.01. The van der Waals surface area contributed by atoms with E-state index in [9.17, 15) is 9.59 Å². The molecule has 0 radical (unpaired) electrons. The van der Waals surface area contributed by atoms with Crippen molar-refractivity contribution < 1.29 is 13.9 Å². The molecule has 0 saturated carbocycles. The van der Waals surface area contributed by atoms with Gasteiger partial charge in [0, 0.05) is 10.0 Å². The van der Waals surface area contributed by atoms with Crippen LogP contribution in [0, 0.1) is 0 Å². The van der Waals surface area contributed by atoms with Crippen LogP contribution < -0.4 is 15.6 Å². The number of amides is 1. The first-order valence-corrected chi connectivity index (χ1v) is 8.68. The van der Waals surface area contributed by atoms with Crippen LogP contribution in [0.2, 0.25) is 15.1 Å². The number of carbonyl (C=O) groups excluding carboxylic acids is 1. The van der Waals surface area contributed by atoms with Crippen LogP contribution in [0.4, 0.5) is 0 Å². The van der Waals surface area contributed by atoms with Gasteiger partial charge in [-0.3, -0.25) is 9.59 Å². The molecule has 1 N–H and O–H groups in total. The molecule has 0 spiro atoms. The Labute approximate surface area is 168 Å². The number of hydrazone groups is 1. The first-order chi connectivity index (χ1) is 12.9. The van der Waals surface area contributed by atoms with E-state index in [0.29, 0.717) is 26.8 Å². The van der Waals surface area contributed by atoms with Crippen LogP contribution in [0.3, 0.4) is 0 Å². The second-order valence-corrected chi connectivity index (χ2v) is 6.60. The second kappa shape index (κ2) is 8.43. The van der Waals surface area contributed by atoms with E-state index in [0.717, 1.165) is 0 Å². The third-order valence-electron chi connectivity index (χ3n) is 3.41. The van der Waals surface area contributed by atoms with Gasteiger partial charge in [0.25, 0.3) is 5.91 Å². The van der Waals surface area contributed by atoms with Gasteiger partial charge in [-0.1, -0.05) is 34.8 Å². The zero-order chi connectivity index (χ0) is 19.4. The average molecular weight is 426 g/mol. The Balaban J connectivity index is 1.63. The largest absolute Gasteiger partial charge is 0.482 e. The summed E-state index contributed by atoms with van der Waals surface area (Å²) >= 11 is 17.6. The van der Waals surface area contributed by atoms with E-state index in [2.05, 4.69) is 10.5 Å². The number of halogens is 3. The molecule has 0 aliphatic rings. The van der Waals surface area contributed by atoms with E-state index in [1.165, 1.54) is 24.6 Å². The highest BCUT2D eigenvalue weighted by atomic mass is 35.5. The Morgan fingerprint density at radius 2 is 1.89 bits per heavy atom. The minimum Gasteiger partial charge on any atom is -0.482 e. The van der Waals surface area contributed by atoms with Crippen molar-refractivity contribution in [2.75, 3.05) is 6.61 Å². The van der Waals surface area contributed by atoms with Crippen LogP contribution in [-0.4, -0.2) is 18.7 Å². The number of ether oxygens (including phenoxy) is 1. The van der Waals surface area contributed by atoms with E-state index in [1.54, 1.807) is 24.3 Å². The minimum absolute atomic E-state index is 0.159. The molecule has 3 rings (SSSR count). The Bertz CT molecular complexity index is 1100. The maximum Gasteiger partial charge on any atom is 0.277 e. The Morgan fingerprint density at radius 1 is 1.15 bits per heavy atom. The summed E-state index contributed by atoms with van der Waals surface area (Å²) in [6.45, 7) is -0.319. The zero-order valence-electron chi connectivity index (χ0n) is 13.5. The summed E-state index contributed by atoms with van der Waals surface area (Å²) in [6, 6.07) is 9.35. The molecule has 0 bridgehead atoms. The van der Waals surface area contributed by atoms with Crippen LogP contribution in [0.5, 0.6) is 5.75 Å². The van der Waals surface area contributed by atoms with Crippen molar-refractivity contribution in [3.8, 4) is 5.75 Å². The average Bonchev–Trinajstić information content (AvgIpc) is 2.63. The molecular formula is C18H11Cl3N2O4. The van der Waals surface area contributed by atoms with Crippen LogP contribution in [0.25, 0.3) is 11.0 Å². The smallest absolute Gasteiger partial charge is 0.277 e. The van der Waals surface area contributed by atoms with Crippen molar-refractivity contribution in [1.82, 2.24) is 5.43 Å². The van der Waals surface area contributed by atoms with Gasteiger partial charge >= 0.3 is 0 Å². The molecular weight excluding hydrogens is 415 g/mol. The van der Waals surface area contributed by atoms with E-state index < -0.39 is 5.91 Å². The van der Waals surface area contributed by atoms with Crippen molar-refractivity contribution in [3.05, 3.63) is 73.5 Å². The highest BCUT2D eigenvalue weighted by Crippen LogP contribution is 2.27. The quantitative estimate of drug-likeness (QED) is 0.488. The molecule has 0 unspecified atom stereocenters. The summed E-state index contributed by atoms with van der Waals surface area (Å²) in [6.07, 6.45) is 2.43. The molecule has 27 heavy (non-hydrogen) atoms. The van der Waals surface area contributed by atoms with Crippen LogP contribution in [0.1, 0.15) is 5.56 Å². The molecule has 3 aromatic rings. The summed E-state index contributed by atoms with van der Waals surface area (Å²) in [4.78, 5) is 24.1. The first kappa shape index (κ1) is 19.2. The maximum absolute atomic E-state index is 12.4. The van der Waals surface area contributed by atoms with Gasteiger partial charge in [0.1, 0.15) is 17.6 Å². The van der Waals surface area contributed by atoms with Crippen molar-refractivity contribution in [2.45, 2.75) is 0 Å². The van der Waals surface area contributed by atoms with Crippen molar-refractivity contribution in [1.29, 1.82) is 0 Å². The molecule has 0 aliphatic heterocycles. The molecule has 0 aliphatic carbocycles. The van der Waals surface area contributed by atoms with Gasteiger partial charge in [0.2, 0.25) is 5.43 Å². The summed E-state index contributed by atoms with van der Waals surface area (Å²) in [5.41, 5.74) is 2.49. The van der Waals surface area contributed by atoms with Gasteiger partial charge < -0.3 is 9.15 Å². The lowest BCUT2D eigenvalue weighted by Crippen LogP contribution is -2.25. The Hall–Kier alpha value is -2.54. The van der Waals surface area contributed by atoms with E-state index in [1.807, 2.05) is 0 Å². The second-order valence-electron chi connectivity index (χ2n) is 5.32. The predicted octanol–water partition coefficient (Wildman–Crippen LogP) is 4.28. The lowest BCUT2D eigenvalue weighted by atomic mass is 10.2. The maximum atomic E-state index is 12.4. The monoisotopic (exact) mass is 424 g/mol. The molecule has 138 valence electrons. The third-order valence-corrected chi connectivity index (χ3v) is 4.17. The van der Waals surface area contributed by atoms with Crippen molar-refractivity contribution >= 4 is 57.9 Å². The zero-order valence-corrected chi connectivity index (χ0v) is 15.8. The molecule has 1 heterocycles. The molecule has 0 fully saturated rings. The number of hydrogen-bond donors (Lipinski definition) is 1. The topological polar surface area (TPSA) is 80.9 Å². The van der Waals surface area contributed by atoms with E-state index >= 15 is 0 Å². The molecule has 1 aromatic heterocycles. The van der Waals surface area contributed by atoms with E-state index in [-0.39, 0.29) is 22.6 Å². The Morgan fingerprint density at radius 3 is 2.67 bits per heavy atom. The van der Waals surface area contributed by atoms with Crippen LogP contribution in [0.15, 0.2) is 57.0 Å². The molecule has 0 atom stereocenters. The SMILES string of the molecule is O=C(COc1ccc(Cl)cc1Cl)NN=Cc1coc2ccc(Cl)cc2c1=O. The fourth-order valence-electron chi connectivity index (χ4n) is 2.15. The molecule has 6 nitrogen and oxygen atoms in total. The molecule has 0 saturated heterocycles. The molecule has 9 heteroatoms. The third kappa shape index (κ3) is 4.80. The number of rotatable bonds is 5. The fourth-order valence-corrected chi connectivity index (χ4v) is 2.78. The van der Waals surface area contributed by atoms with Gasteiger partial charge in [0.15, 0.2) is 6.61 Å². The summed E-state index contributed by atoms with van der Waals surface area (Å²) in [5, 5.41) is 5.20. The van der Waals surface area contributed by atoms with Gasteiger partial charge in [-0.2, -0.15) is 5.10 Å². The molecule has 2 aromatic carbocycles. The van der Waals surface area contributed by atoms with Crippen LogP contribution >= 0.6 is 34.8 Å². The lowest BCUT2D eigenvalue weighted by molar-refractivity contribution is -0.123. The van der Waals surface area contributed by atoms with Crippen molar-refractivity contribution in [3.63, 3.8) is 0 Å². The van der Waals surface area contributed by atoms with Gasteiger partial charge in [-0.05, 0) is 36.4 Å². The molecule has 1 amide bonds. The number of nitrogens with zero attached hydrogens (tertiary/aromatic N) is 1. The lowest BCUT2D eigenvalue weighted by Gasteiger charge is -2.06. The van der Waals surface area contributed by atoms with Crippen LogP contribution in [-0.2, 0) is 4.79 Å². The first-order valence-electron chi connectivity index (χ1n) is 7.55.